The van der Waals surface area contributed by atoms with Crippen LogP contribution in [0.4, 0.5) is 0 Å². The van der Waals surface area contributed by atoms with Crippen molar-refractivity contribution in [3.05, 3.63) is 10.9 Å². The molecule has 0 amide bonds. The van der Waals surface area contributed by atoms with Gasteiger partial charge in [-0.3, -0.25) is 0 Å². The SMILES string of the molecule is COCCCNC(C)c1cc(OC)ns1. The van der Waals surface area contributed by atoms with Gasteiger partial charge in [-0.05, 0) is 31.4 Å². The molecular formula is C10H18N2O2S. The molecule has 1 heterocycles. The van der Waals surface area contributed by atoms with Crippen LogP contribution < -0.4 is 10.1 Å². The van der Waals surface area contributed by atoms with Crippen LogP contribution in [-0.4, -0.2) is 31.7 Å². The highest BCUT2D eigenvalue weighted by atomic mass is 32.1. The number of rotatable bonds is 7. The van der Waals surface area contributed by atoms with Gasteiger partial charge >= 0.3 is 0 Å². The highest BCUT2D eigenvalue weighted by Gasteiger charge is 2.08. The van der Waals surface area contributed by atoms with Crippen molar-refractivity contribution in [1.82, 2.24) is 9.69 Å². The molecule has 0 aliphatic rings. The highest BCUT2D eigenvalue weighted by molar-refractivity contribution is 7.06. The number of hydrogen-bond acceptors (Lipinski definition) is 5. The second-order valence-electron chi connectivity index (χ2n) is 3.29. The fourth-order valence-corrected chi connectivity index (χ4v) is 1.93. The molecule has 1 unspecified atom stereocenters. The first-order chi connectivity index (χ1) is 7.27. The van der Waals surface area contributed by atoms with Crippen LogP contribution in [0.5, 0.6) is 5.88 Å². The van der Waals surface area contributed by atoms with Crippen molar-refractivity contribution in [3.63, 3.8) is 0 Å². The Balaban J connectivity index is 2.29. The maximum absolute atomic E-state index is 5.04. The van der Waals surface area contributed by atoms with Crippen LogP contribution in [0, 0.1) is 0 Å². The lowest BCUT2D eigenvalue weighted by molar-refractivity contribution is 0.193. The summed E-state index contributed by atoms with van der Waals surface area (Å²) < 4.78 is 14.2. The molecule has 0 bridgehead atoms. The molecule has 0 spiro atoms. The average Bonchev–Trinajstić information content (AvgIpc) is 2.72. The minimum absolute atomic E-state index is 0.322. The van der Waals surface area contributed by atoms with Gasteiger partial charge in [0.25, 0.3) is 0 Å². The predicted octanol–water partition coefficient (Wildman–Crippen LogP) is 1.84. The summed E-state index contributed by atoms with van der Waals surface area (Å²) in [6, 6.07) is 2.29. The van der Waals surface area contributed by atoms with E-state index in [2.05, 4.69) is 16.6 Å². The normalized spacial score (nSPS) is 12.7. The molecule has 0 aromatic carbocycles. The molecule has 0 fully saturated rings. The molecule has 1 atom stereocenters. The van der Waals surface area contributed by atoms with Crippen LogP contribution >= 0.6 is 11.5 Å². The zero-order valence-electron chi connectivity index (χ0n) is 9.45. The zero-order chi connectivity index (χ0) is 11.1. The van der Waals surface area contributed by atoms with E-state index in [1.54, 1.807) is 14.2 Å². The van der Waals surface area contributed by atoms with E-state index in [4.69, 9.17) is 9.47 Å². The van der Waals surface area contributed by atoms with Gasteiger partial charge in [-0.25, -0.2) is 0 Å². The van der Waals surface area contributed by atoms with Gasteiger partial charge in [-0.2, -0.15) is 4.37 Å². The molecule has 0 saturated heterocycles. The quantitative estimate of drug-likeness (QED) is 0.726. The minimum atomic E-state index is 0.322. The van der Waals surface area contributed by atoms with E-state index >= 15 is 0 Å². The summed E-state index contributed by atoms with van der Waals surface area (Å²) in [6.07, 6.45) is 1.02. The Morgan fingerprint density at radius 2 is 2.33 bits per heavy atom. The molecule has 1 rings (SSSR count). The Bertz CT molecular complexity index is 278. The summed E-state index contributed by atoms with van der Waals surface area (Å²) in [5.41, 5.74) is 0. The summed E-state index contributed by atoms with van der Waals surface area (Å²) in [5, 5.41) is 3.41. The van der Waals surface area contributed by atoms with E-state index in [1.165, 1.54) is 16.4 Å². The molecule has 15 heavy (non-hydrogen) atoms. The summed E-state index contributed by atoms with van der Waals surface area (Å²) in [4.78, 5) is 1.20. The molecule has 0 aliphatic carbocycles. The number of nitrogens with zero attached hydrogens (tertiary/aromatic N) is 1. The van der Waals surface area contributed by atoms with E-state index in [1.807, 2.05) is 6.07 Å². The van der Waals surface area contributed by atoms with E-state index in [-0.39, 0.29) is 0 Å². The zero-order valence-corrected chi connectivity index (χ0v) is 10.3. The lowest BCUT2D eigenvalue weighted by Gasteiger charge is -2.10. The highest BCUT2D eigenvalue weighted by Crippen LogP contribution is 2.22. The van der Waals surface area contributed by atoms with Crippen LogP contribution in [-0.2, 0) is 4.74 Å². The first-order valence-corrected chi connectivity index (χ1v) is 5.78. The van der Waals surface area contributed by atoms with Crippen molar-refractivity contribution in [2.24, 2.45) is 0 Å². The van der Waals surface area contributed by atoms with Crippen LogP contribution in [0.25, 0.3) is 0 Å². The average molecular weight is 230 g/mol. The van der Waals surface area contributed by atoms with Gasteiger partial charge in [-0.1, -0.05) is 0 Å². The summed E-state index contributed by atoms with van der Waals surface area (Å²) in [7, 11) is 3.35. The molecule has 0 radical (unpaired) electrons. The van der Waals surface area contributed by atoms with Gasteiger partial charge < -0.3 is 14.8 Å². The van der Waals surface area contributed by atoms with Crippen molar-refractivity contribution < 1.29 is 9.47 Å². The van der Waals surface area contributed by atoms with E-state index < -0.39 is 0 Å². The monoisotopic (exact) mass is 230 g/mol. The third-order valence-electron chi connectivity index (χ3n) is 2.12. The maximum atomic E-state index is 5.04. The standard InChI is InChI=1S/C10H18N2O2S/c1-8(11-5-4-6-13-2)9-7-10(14-3)12-15-9/h7-8,11H,4-6H2,1-3H3. The molecule has 4 nitrogen and oxygen atoms in total. The molecule has 5 heteroatoms. The fourth-order valence-electron chi connectivity index (χ4n) is 1.21. The smallest absolute Gasteiger partial charge is 0.225 e. The third kappa shape index (κ3) is 4.15. The fraction of sp³-hybridized carbons (Fsp3) is 0.700. The van der Waals surface area contributed by atoms with Crippen molar-refractivity contribution in [3.8, 4) is 5.88 Å². The molecule has 86 valence electrons. The molecular weight excluding hydrogens is 212 g/mol. The number of ether oxygens (including phenoxy) is 2. The number of nitrogens with one attached hydrogen (secondary N) is 1. The van der Waals surface area contributed by atoms with Crippen molar-refractivity contribution in [1.29, 1.82) is 0 Å². The Labute approximate surface area is 94.8 Å². The van der Waals surface area contributed by atoms with Gasteiger partial charge in [0.15, 0.2) is 0 Å². The number of methoxy groups -OCH3 is 2. The van der Waals surface area contributed by atoms with Gasteiger partial charge in [0.05, 0.1) is 7.11 Å². The molecule has 1 aromatic heterocycles. The van der Waals surface area contributed by atoms with Gasteiger partial charge in [0, 0.05) is 30.7 Å². The Kier molecular flexibility index (Phi) is 5.60. The van der Waals surface area contributed by atoms with E-state index in [0.717, 1.165) is 19.6 Å². The second-order valence-corrected chi connectivity index (χ2v) is 4.13. The van der Waals surface area contributed by atoms with E-state index in [0.29, 0.717) is 11.9 Å². The Hall–Kier alpha value is -0.650. The third-order valence-corrected chi connectivity index (χ3v) is 3.07. The molecule has 1 aromatic rings. The van der Waals surface area contributed by atoms with Gasteiger partial charge in [-0.15, -0.1) is 0 Å². The maximum Gasteiger partial charge on any atom is 0.225 e. The van der Waals surface area contributed by atoms with E-state index in [9.17, 15) is 0 Å². The predicted molar refractivity (Wildman–Crippen MR) is 61.6 cm³/mol. The van der Waals surface area contributed by atoms with Crippen molar-refractivity contribution in [2.75, 3.05) is 27.4 Å². The number of hydrogen-bond donors (Lipinski definition) is 1. The molecule has 0 aliphatic heterocycles. The largest absolute Gasteiger partial charge is 0.480 e. The van der Waals surface area contributed by atoms with Crippen LogP contribution in [0.3, 0.4) is 0 Å². The first-order valence-electron chi connectivity index (χ1n) is 5.01. The van der Waals surface area contributed by atoms with Crippen LogP contribution in [0.2, 0.25) is 0 Å². The topological polar surface area (TPSA) is 43.4 Å². The molecule has 1 N–H and O–H groups in total. The lowest BCUT2D eigenvalue weighted by Crippen LogP contribution is -2.20. The lowest BCUT2D eigenvalue weighted by atomic mass is 10.2. The number of aromatic nitrogens is 1. The van der Waals surface area contributed by atoms with Gasteiger partial charge in [0.2, 0.25) is 5.88 Å². The summed E-state index contributed by atoms with van der Waals surface area (Å²) in [5.74, 6) is 0.695. The Morgan fingerprint density at radius 3 is 2.93 bits per heavy atom. The summed E-state index contributed by atoms with van der Waals surface area (Å²) in [6.45, 7) is 3.88. The Morgan fingerprint density at radius 1 is 1.53 bits per heavy atom. The van der Waals surface area contributed by atoms with Gasteiger partial charge in [0.1, 0.15) is 0 Å². The first kappa shape index (κ1) is 12.4. The van der Waals surface area contributed by atoms with Crippen molar-refractivity contribution in [2.45, 2.75) is 19.4 Å². The summed E-state index contributed by atoms with van der Waals surface area (Å²) >= 11 is 1.48. The van der Waals surface area contributed by atoms with Crippen LogP contribution in [0.15, 0.2) is 6.07 Å². The molecule has 0 saturated carbocycles. The van der Waals surface area contributed by atoms with Crippen molar-refractivity contribution >= 4 is 11.5 Å². The minimum Gasteiger partial charge on any atom is -0.480 e. The van der Waals surface area contributed by atoms with Crippen LogP contribution in [0.1, 0.15) is 24.3 Å². The second kappa shape index (κ2) is 6.76.